The van der Waals surface area contributed by atoms with Crippen LogP contribution in [0.2, 0.25) is 0 Å². The summed E-state index contributed by atoms with van der Waals surface area (Å²) in [5.74, 6) is 0.795. The maximum absolute atomic E-state index is 11.5. The molecule has 1 heterocycles. The van der Waals surface area contributed by atoms with Crippen LogP contribution in [-0.2, 0) is 4.79 Å². The number of nitrogens with one attached hydrogen (secondary N) is 2. The highest BCUT2D eigenvalue weighted by atomic mass is 16.2. The molecule has 1 amide bonds. The molecule has 0 radical (unpaired) electrons. The highest BCUT2D eigenvalue weighted by Gasteiger charge is 2.22. The molecule has 0 aromatic heterocycles. The highest BCUT2D eigenvalue weighted by Crippen LogP contribution is 2.01. The van der Waals surface area contributed by atoms with Crippen molar-refractivity contribution < 1.29 is 4.79 Å². The second-order valence-electron chi connectivity index (χ2n) is 4.76. The number of carbonyl (C=O) groups is 1. The Morgan fingerprint density at radius 1 is 1.53 bits per heavy atom. The third-order valence-electron chi connectivity index (χ3n) is 2.82. The molecule has 0 aliphatic carbocycles. The van der Waals surface area contributed by atoms with Gasteiger partial charge < -0.3 is 10.6 Å². The average molecular weight is 213 g/mol. The Kier molecular flexibility index (Phi) is 5.05. The number of nitrogens with zero attached hydrogens (tertiary/aromatic N) is 1. The van der Waals surface area contributed by atoms with Crippen LogP contribution in [0.15, 0.2) is 0 Å². The summed E-state index contributed by atoms with van der Waals surface area (Å²) in [6.45, 7) is 7.67. The van der Waals surface area contributed by atoms with Crippen molar-refractivity contribution in [1.82, 2.24) is 15.5 Å². The van der Waals surface area contributed by atoms with Crippen LogP contribution in [0.5, 0.6) is 0 Å². The highest BCUT2D eigenvalue weighted by molar-refractivity contribution is 5.77. The summed E-state index contributed by atoms with van der Waals surface area (Å²) in [7, 11) is 2.01. The van der Waals surface area contributed by atoms with Crippen molar-refractivity contribution in [1.29, 1.82) is 0 Å². The van der Waals surface area contributed by atoms with Crippen molar-refractivity contribution in [2.45, 2.75) is 26.3 Å². The van der Waals surface area contributed by atoms with Gasteiger partial charge >= 0.3 is 0 Å². The van der Waals surface area contributed by atoms with Gasteiger partial charge in [0.2, 0.25) is 5.91 Å². The number of rotatable bonds is 6. The molecule has 0 saturated carbocycles. The normalized spacial score (nSPS) is 16.9. The zero-order chi connectivity index (χ0) is 11.3. The molecule has 1 aliphatic heterocycles. The van der Waals surface area contributed by atoms with E-state index in [0.717, 1.165) is 26.1 Å². The Hall–Kier alpha value is -0.610. The molecule has 88 valence electrons. The molecule has 0 unspecified atom stereocenters. The van der Waals surface area contributed by atoms with Crippen LogP contribution in [0.1, 0.15) is 20.3 Å². The van der Waals surface area contributed by atoms with E-state index in [1.807, 2.05) is 7.05 Å². The Bertz CT molecular complexity index is 202. The van der Waals surface area contributed by atoms with Gasteiger partial charge in [0, 0.05) is 25.7 Å². The summed E-state index contributed by atoms with van der Waals surface area (Å²) in [6, 6.07) is 0.542. The molecular formula is C11H23N3O. The first-order chi connectivity index (χ1) is 7.09. The molecule has 4 nitrogen and oxygen atoms in total. The van der Waals surface area contributed by atoms with Crippen LogP contribution in [0.3, 0.4) is 0 Å². The Labute approximate surface area is 92.4 Å². The summed E-state index contributed by atoms with van der Waals surface area (Å²) in [5.41, 5.74) is 0. The fourth-order valence-corrected chi connectivity index (χ4v) is 1.50. The van der Waals surface area contributed by atoms with Crippen molar-refractivity contribution in [2.75, 3.05) is 33.2 Å². The predicted octanol–water partition coefficient (Wildman–Crippen LogP) is 0.0523. The van der Waals surface area contributed by atoms with Crippen molar-refractivity contribution in [3.8, 4) is 0 Å². The molecule has 1 fully saturated rings. The molecule has 4 heteroatoms. The molecule has 1 saturated heterocycles. The van der Waals surface area contributed by atoms with Gasteiger partial charge in [0.25, 0.3) is 0 Å². The first kappa shape index (κ1) is 12.5. The molecule has 2 N–H and O–H groups in total. The standard InChI is InChI=1S/C11H23N3O/c1-9(2)4-5-13-11(15)8-14(3)10-6-12-7-10/h9-10,12H,4-8H2,1-3H3,(H,13,15). The Morgan fingerprint density at radius 2 is 2.20 bits per heavy atom. The summed E-state index contributed by atoms with van der Waals surface area (Å²) in [5, 5.41) is 6.15. The van der Waals surface area contributed by atoms with Crippen molar-refractivity contribution >= 4 is 5.91 Å². The lowest BCUT2D eigenvalue weighted by molar-refractivity contribution is -0.122. The van der Waals surface area contributed by atoms with Gasteiger partial charge in [0.15, 0.2) is 0 Å². The summed E-state index contributed by atoms with van der Waals surface area (Å²) >= 11 is 0. The van der Waals surface area contributed by atoms with Crippen LogP contribution in [0, 0.1) is 5.92 Å². The predicted molar refractivity (Wildman–Crippen MR) is 61.8 cm³/mol. The van der Waals surface area contributed by atoms with E-state index in [0.29, 0.717) is 18.5 Å². The lowest BCUT2D eigenvalue weighted by Gasteiger charge is -2.35. The summed E-state index contributed by atoms with van der Waals surface area (Å²) in [6.07, 6.45) is 1.06. The summed E-state index contributed by atoms with van der Waals surface area (Å²) < 4.78 is 0. The van der Waals surface area contributed by atoms with E-state index in [9.17, 15) is 4.79 Å². The topological polar surface area (TPSA) is 44.4 Å². The molecular weight excluding hydrogens is 190 g/mol. The fourth-order valence-electron chi connectivity index (χ4n) is 1.50. The maximum Gasteiger partial charge on any atom is 0.234 e. The largest absolute Gasteiger partial charge is 0.355 e. The van der Waals surface area contributed by atoms with E-state index in [4.69, 9.17) is 0 Å². The third-order valence-corrected chi connectivity index (χ3v) is 2.82. The second kappa shape index (κ2) is 6.08. The smallest absolute Gasteiger partial charge is 0.234 e. The maximum atomic E-state index is 11.5. The van der Waals surface area contributed by atoms with Crippen LogP contribution in [0.4, 0.5) is 0 Å². The minimum Gasteiger partial charge on any atom is -0.355 e. The molecule has 1 rings (SSSR count). The molecule has 0 atom stereocenters. The zero-order valence-electron chi connectivity index (χ0n) is 10.0. The van der Waals surface area contributed by atoms with Crippen molar-refractivity contribution in [3.05, 3.63) is 0 Å². The molecule has 1 aliphatic rings. The zero-order valence-corrected chi connectivity index (χ0v) is 10.0. The molecule has 0 aromatic rings. The van der Waals surface area contributed by atoms with Crippen LogP contribution in [-0.4, -0.2) is 50.1 Å². The van der Waals surface area contributed by atoms with Gasteiger partial charge in [0.05, 0.1) is 6.54 Å². The molecule has 0 spiro atoms. The first-order valence-electron chi connectivity index (χ1n) is 5.77. The quantitative estimate of drug-likeness (QED) is 0.655. The first-order valence-corrected chi connectivity index (χ1v) is 5.77. The molecule has 0 bridgehead atoms. The van der Waals surface area contributed by atoms with Crippen molar-refractivity contribution in [2.24, 2.45) is 5.92 Å². The van der Waals surface area contributed by atoms with Gasteiger partial charge in [-0.3, -0.25) is 9.69 Å². The van der Waals surface area contributed by atoms with Crippen LogP contribution in [0.25, 0.3) is 0 Å². The van der Waals surface area contributed by atoms with Crippen molar-refractivity contribution in [3.63, 3.8) is 0 Å². The van der Waals surface area contributed by atoms with E-state index in [1.54, 1.807) is 0 Å². The number of amides is 1. The van der Waals surface area contributed by atoms with Crippen LogP contribution < -0.4 is 10.6 Å². The van der Waals surface area contributed by atoms with Gasteiger partial charge in [-0.25, -0.2) is 0 Å². The fraction of sp³-hybridized carbons (Fsp3) is 0.909. The Balaban J connectivity index is 2.06. The van der Waals surface area contributed by atoms with E-state index < -0.39 is 0 Å². The third kappa shape index (κ3) is 4.62. The van der Waals surface area contributed by atoms with E-state index in [1.165, 1.54) is 0 Å². The minimum atomic E-state index is 0.144. The van der Waals surface area contributed by atoms with E-state index in [2.05, 4.69) is 29.4 Å². The van der Waals surface area contributed by atoms with Gasteiger partial charge in [0.1, 0.15) is 0 Å². The SMILES string of the molecule is CC(C)CCNC(=O)CN(C)C1CNC1. The molecule has 15 heavy (non-hydrogen) atoms. The number of likely N-dealkylation sites (N-methyl/N-ethyl adjacent to an activating group) is 1. The number of hydrogen-bond acceptors (Lipinski definition) is 3. The number of hydrogen-bond donors (Lipinski definition) is 2. The van der Waals surface area contributed by atoms with E-state index >= 15 is 0 Å². The Morgan fingerprint density at radius 3 is 2.67 bits per heavy atom. The second-order valence-corrected chi connectivity index (χ2v) is 4.76. The average Bonchev–Trinajstić information content (AvgIpc) is 1.98. The number of carbonyl (C=O) groups excluding carboxylic acids is 1. The monoisotopic (exact) mass is 213 g/mol. The van der Waals surface area contributed by atoms with Crippen LogP contribution >= 0.6 is 0 Å². The van der Waals surface area contributed by atoms with Gasteiger partial charge in [-0.2, -0.15) is 0 Å². The minimum absolute atomic E-state index is 0.144. The lowest BCUT2D eigenvalue weighted by atomic mass is 10.1. The van der Waals surface area contributed by atoms with Gasteiger partial charge in [-0.05, 0) is 19.4 Å². The van der Waals surface area contributed by atoms with E-state index in [-0.39, 0.29) is 5.91 Å². The van der Waals surface area contributed by atoms with Gasteiger partial charge in [-0.1, -0.05) is 13.8 Å². The van der Waals surface area contributed by atoms with Gasteiger partial charge in [-0.15, -0.1) is 0 Å². The summed E-state index contributed by atoms with van der Waals surface area (Å²) in [4.78, 5) is 13.6. The molecule has 0 aromatic carbocycles. The lowest BCUT2D eigenvalue weighted by Crippen LogP contribution is -2.57.